The number of hydrogen-bond donors (Lipinski definition) is 2. The van der Waals surface area contributed by atoms with E-state index in [4.69, 9.17) is 10.1 Å². The molecule has 2 N–H and O–H groups in total. The first-order valence-corrected chi connectivity index (χ1v) is 12.1. The Kier molecular flexibility index (Phi) is 5.23. The molecule has 180 valence electrons. The van der Waals surface area contributed by atoms with Crippen LogP contribution in [0.4, 0.5) is 8.78 Å². The molecule has 2 atom stereocenters. The van der Waals surface area contributed by atoms with Crippen LogP contribution in [0.25, 0.3) is 16.5 Å². The van der Waals surface area contributed by atoms with Crippen molar-refractivity contribution in [2.75, 3.05) is 13.1 Å². The minimum absolute atomic E-state index is 0.234. The van der Waals surface area contributed by atoms with Gasteiger partial charge in [0.1, 0.15) is 17.0 Å². The molecule has 0 radical (unpaired) electrons. The van der Waals surface area contributed by atoms with Crippen LogP contribution in [0, 0.1) is 11.2 Å². The first kappa shape index (κ1) is 22.3. The Morgan fingerprint density at radius 1 is 1.23 bits per heavy atom. The zero-order chi connectivity index (χ0) is 24.2. The Balaban J connectivity index is 1.16. The molecule has 2 aliphatic heterocycles. The lowest BCUT2D eigenvalue weighted by atomic mass is 9.80. The van der Waals surface area contributed by atoms with E-state index in [1.54, 1.807) is 24.5 Å². The van der Waals surface area contributed by atoms with Crippen LogP contribution in [0.2, 0.25) is 0 Å². The van der Waals surface area contributed by atoms with Gasteiger partial charge in [-0.25, -0.2) is 4.39 Å². The quantitative estimate of drug-likeness (QED) is 0.360. The van der Waals surface area contributed by atoms with E-state index in [2.05, 4.69) is 22.1 Å². The Morgan fingerprint density at radius 3 is 2.74 bits per heavy atom. The molecular formula is C28H28F2N4O. The third-order valence-electron chi connectivity index (χ3n) is 7.62. The standard InChI is InChI=1S/C28H28F2N4O/c1-27-17-34(16-18-4-6-19(7-5-18)22(26(30)31)15-33-20-8-9-20)14-12-28(27,35-27)23-10-11-24-21(25(23)29)3-2-13-32-24/h2-7,10-11,13,15,20,31,33H,8-9,12,14,16-17H2,1H3/b22-15-,31-26?. The van der Waals surface area contributed by atoms with Crippen molar-refractivity contribution in [3.05, 3.63) is 83.4 Å². The molecule has 1 saturated carbocycles. The monoisotopic (exact) mass is 474 g/mol. The van der Waals surface area contributed by atoms with Gasteiger partial charge in [-0.05, 0) is 55.5 Å². The van der Waals surface area contributed by atoms with Gasteiger partial charge in [-0.15, -0.1) is 0 Å². The lowest BCUT2D eigenvalue weighted by Gasteiger charge is -2.33. The second-order valence-corrected chi connectivity index (χ2v) is 10.1. The smallest absolute Gasteiger partial charge is 0.214 e. The molecule has 3 fully saturated rings. The van der Waals surface area contributed by atoms with Crippen LogP contribution in [0.3, 0.4) is 0 Å². The van der Waals surface area contributed by atoms with Gasteiger partial charge in [0.15, 0.2) is 0 Å². The number of likely N-dealkylation sites (tertiary alicyclic amines) is 1. The number of rotatable bonds is 7. The van der Waals surface area contributed by atoms with E-state index >= 15 is 4.39 Å². The van der Waals surface area contributed by atoms with Crippen LogP contribution in [0.1, 0.15) is 42.9 Å². The molecule has 0 bridgehead atoms. The maximum Gasteiger partial charge on any atom is 0.214 e. The Labute approximate surface area is 203 Å². The van der Waals surface area contributed by atoms with Crippen molar-refractivity contribution in [3.8, 4) is 0 Å². The van der Waals surface area contributed by atoms with Crippen molar-refractivity contribution in [1.82, 2.24) is 15.2 Å². The SMILES string of the molecule is CC12CN(Cc3ccc(/C(=C/NC4CC4)C(=N)F)cc3)CCC1(c1ccc3ncccc3c1F)O2. The van der Waals surface area contributed by atoms with Crippen molar-refractivity contribution in [1.29, 1.82) is 5.41 Å². The van der Waals surface area contributed by atoms with Gasteiger partial charge in [0, 0.05) is 49.0 Å². The third-order valence-corrected chi connectivity index (χ3v) is 7.62. The summed E-state index contributed by atoms with van der Waals surface area (Å²) in [4.78, 5) is 6.58. The first-order valence-electron chi connectivity index (χ1n) is 12.1. The van der Waals surface area contributed by atoms with E-state index in [0.29, 0.717) is 41.0 Å². The fourth-order valence-corrected chi connectivity index (χ4v) is 5.47. The first-order chi connectivity index (χ1) is 16.9. The number of benzene rings is 2. The zero-order valence-electron chi connectivity index (χ0n) is 19.7. The number of halogens is 2. The van der Waals surface area contributed by atoms with Crippen LogP contribution in [-0.2, 0) is 16.9 Å². The molecule has 7 heteroatoms. The second-order valence-electron chi connectivity index (χ2n) is 10.1. The van der Waals surface area contributed by atoms with Gasteiger partial charge in [0.2, 0.25) is 5.97 Å². The second kappa shape index (κ2) is 8.21. The number of allylic oxidation sites excluding steroid dienone is 1. The Bertz CT molecular complexity index is 1340. The number of hydrogen-bond acceptors (Lipinski definition) is 5. The highest BCUT2D eigenvalue weighted by molar-refractivity contribution is 6.17. The van der Waals surface area contributed by atoms with Gasteiger partial charge in [0.05, 0.1) is 11.1 Å². The fraction of sp³-hybridized carbons (Fsp3) is 0.357. The molecule has 5 nitrogen and oxygen atoms in total. The van der Waals surface area contributed by atoms with Gasteiger partial charge >= 0.3 is 0 Å². The molecule has 3 aliphatic rings. The molecule has 1 aliphatic carbocycles. The van der Waals surface area contributed by atoms with Crippen molar-refractivity contribution in [2.24, 2.45) is 0 Å². The number of piperidine rings is 1. The lowest BCUT2D eigenvalue weighted by Crippen LogP contribution is -2.44. The van der Waals surface area contributed by atoms with Crippen molar-refractivity contribution in [3.63, 3.8) is 0 Å². The predicted octanol–water partition coefficient (Wildman–Crippen LogP) is 5.30. The summed E-state index contributed by atoms with van der Waals surface area (Å²) < 4.78 is 35.5. The average molecular weight is 475 g/mol. The van der Waals surface area contributed by atoms with Gasteiger partial charge in [-0.2, -0.15) is 4.39 Å². The largest absolute Gasteiger partial charge is 0.388 e. The van der Waals surface area contributed by atoms with Crippen LogP contribution in [0.15, 0.2) is 60.9 Å². The highest BCUT2D eigenvalue weighted by atomic mass is 19.1. The molecule has 1 aromatic heterocycles. The molecular weight excluding hydrogens is 446 g/mol. The normalized spacial score (nSPS) is 26.4. The highest BCUT2D eigenvalue weighted by Gasteiger charge is 2.70. The number of aromatic nitrogens is 1. The fourth-order valence-electron chi connectivity index (χ4n) is 5.47. The van der Waals surface area contributed by atoms with E-state index < -0.39 is 17.2 Å². The van der Waals surface area contributed by atoms with E-state index in [1.165, 1.54) is 0 Å². The van der Waals surface area contributed by atoms with Crippen LogP contribution < -0.4 is 5.32 Å². The number of epoxide rings is 1. The molecule has 2 saturated heterocycles. The molecule has 6 rings (SSSR count). The van der Waals surface area contributed by atoms with Crippen molar-refractivity contribution in [2.45, 2.75) is 50.0 Å². The van der Waals surface area contributed by atoms with Crippen LogP contribution >= 0.6 is 0 Å². The average Bonchev–Trinajstić information content (AvgIpc) is 3.76. The Morgan fingerprint density at radius 2 is 2.03 bits per heavy atom. The van der Waals surface area contributed by atoms with Gasteiger partial charge < -0.3 is 10.1 Å². The summed E-state index contributed by atoms with van der Waals surface area (Å²) in [6.07, 6.45) is 6.18. The third kappa shape index (κ3) is 3.93. The number of nitrogens with zero attached hydrogens (tertiary/aromatic N) is 2. The van der Waals surface area contributed by atoms with E-state index in [1.807, 2.05) is 36.4 Å². The number of fused-ring (bicyclic) bond motifs is 2. The maximum absolute atomic E-state index is 15.4. The molecule has 2 unspecified atom stereocenters. The summed E-state index contributed by atoms with van der Waals surface area (Å²) >= 11 is 0. The summed E-state index contributed by atoms with van der Waals surface area (Å²) in [6.45, 7) is 4.27. The summed E-state index contributed by atoms with van der Waals surface area (Å²) in [7, 11) is 0. The molecule has 0 amide bonds. The van der Waals surface area contributed by atoms with Crippen molar-refractivity contribution >= 4 is 22.4 Å². The van der Waals surface area contributed by atoms with Gasteiger partial charge in [0.25, 0.3) is 0 Å². The van der Waals surface area contributed by atoms with E-state index in [9.17, 15) is 4.39 Å². The summed E-state index contributed by atoms with van der Waals surface area (Å²) in [6, 6.07) is 15.3. The molecule has 2 aromatic carbocycles. The Hall–Kier alpha value is -3.16. The lowest BCUT2D eigenvalue weighted by molar-refractivity contribution is 0.183. The summed E-state index contributed by atoms with van der Waals surface area (Å²) in [5.74, 6) is -1.17. The predicted molar refractivity (Wildman–Crippen MR) is 132 cm³/mol. The van der Waals surface area contributed by atoms with E-state index in [0.717, 1.165) is 31.5 Å². The van der Waals surface area contributed by atoms with Crippen LogP contribution in [-0.4, -0.2) is 40.6 Å². The highest BCUT2D eigenvalue weighted by Crippen LogP contribution is 2.61. The van der Waals surface area contributed by atoms with Gasteiger partial charge in [-0.3, -0.25) is 15.3 Å². The minimum atomic E-state index is -0.936. The van der Waals surface area contributed by atoms with E-state index in [-0.39, 0.29) is 11.4 Å². The van der Waals surface area contributed by atoms with Crippen molar-refractivity contribution < 1.29 is 13.5 Å². The number of pyridine rings is 1. The molecule has 35 heavy (non-hydrogen) atoms. The number of ether oxygens (including phenoxy) is 1. The number of nitrogens with one attached hydrogen (secondary N) is 2. The molecule has 3 heterocycles. The zero-order valence-corrected chi connectivity index (χ0v) is 19.7. The topological polar surface area (TPSA) is 64.5 Å². The summed E-state index contributed by atoms with van der Waals surface area (Å²) in [5, 5.41) is 11.2. The maximum atomic E-state index is 15.4. The van der Waals surface area contributed by atoms with Gasteiger partial charge in [-0.1, -0.05) is 30.3 Å². The molecule has 0 spiro atoms. The molecule has 3 aromatic rings. The minimum Gasteiger partial charge on any atom is -0.388 e. The van der Waals surface area contributed by atoms with Crippen LogP contribution in [0.5, 0.6) is 0 Å². The summed E-state index contributed by atoms with van der Waals surface area (Å²) in [5.41, 5.74) is 2.29.